The maximum Gasteiger partial charge on any atom is 0.219 e. The van der Waals surface area contributed by atoms with Gasteiger partial charge in [0.2, 0.25) is 5.69 Å². The Balaban J connectivity index is 0.00000161. The Morgan fingerprint density at radius 2 is 1.95 bits per heavy atom. The molecular formula is C16H14Br3NO. The summed E-state index contributed by atoms with van der Waals surface area (Å²) in [5, 5.41) is 0. The van der Waals surface area contributed by atoms with Gasteiger partial charge in [0.1, 0.15) is 5.75 Å². The molecule has 2 aromatic rings. The van der Waals surface area contributed by atoms with Crippen molar-refractivity contribution in [2.24, 2.45) is 0 Å². The third-order valence-corrected chi connectivity index (χ3v) is 4.63. The largest absolute Gasteiger partial charge is 1.00 e. The molecule has 0 N–H and O–H groups in total. The number of halogens is 3. The lowest BCUT2D eigenvalue weighted by atomic mass is 10.0. The molecule has 0 fully saturated rings. The number of nitrogens with zero attached hydrogens (tertiary/aromatic N) is 1. The van der Waals surface area contributed by atoms with Crippen molar-refractivity contribution in [2.45, 2.75) is 6.42 Å². The van der Waals surface area contributed by atoms with Gasteiger partial charge in [-0.2, -0.15) is 4.58 Å². The zero-order valence-corrected chi connectivity index (χ0v) is 16.2. The minimum atomic E-state index is 0. The fourth-order valence-corrected chi connectivity index (χ4v) is 3.77. The van der Waals surface area contributed by atoms with E-state index < -0.39 is 0 Å². The molecule has 0 aromatic heterocycles. The van der Waals surface area contributed by atoms with Crippen molar-refractivity contribution in [1.82, 2.24) is 0 Å². The summed E-state index contributed by atoms with van der Waals surface area (Å²) in [4.78, 5) is 0. The molecule has 0 radical (unpaired) electrons. The lowest BCUT2D eigenvalue weighted by Gasteiger charge is -2.15. The second kappa shape index (κ2) is 7.07. The highest BCUT2D eigenvalue weighted by molar-refractivity contribution is 9.11. The van der Waals surface area contributed by atoms with E-state index in [1.807, 2.05) is 6.07 Å². The zero-order chi connectivity index (χ0) is 14.1. The highest BCUT2D eigenvalue weighted by Crippen LogP contribution is 2.31. The standard InChI is InChI=1S/C16H14Br2NO.BrH/c1-20-16-4-2-3-11-7-8-19(10-13(11)16)15-6-5-12(17)9-14(15)18;/h2-6,9-10H,7-8H2,1H3;1H/q+1;/p-1. The smallest absolute Gasteiger partial charge is 0.219 e. The third kappa shape index (κ3) is 3.41. The molecule has 0 aliphatic carbocycles. The molecule has 2 nitrogen and oxygen atoms in total. The lowest BCUT2D eigenvalue weighted by molar-refractivity contribution is -0.437. The summed E-state index contributed by atoms with van der Waals surface area (Å²) in [7, 11) is 1.72. The molecule has 2 aromatic carbocycles. The average molecular weight is 476 g/mol. The predicted octanol–water partition coefficient (Wildman–Crippen LogP) is 1.54. The van der Waals surface area contributed by atoms with Gasteiger partial charge in [0.05, 0.1) is 17.1 Å². The maximum absolute atomic E-state index is 5.47. The van der Waals surface area contributed by atoms with Crippen molar-refractivity contribution >= 4 is 43.8 Å². The van der Waals surface area contributed by atoms with E-state index in [2.05, 4.69) is 73.0 Å². The molecule has 21 heavy (non-hydrogen) atoms. The molecule has 110 valence electrons. The van der Waals surface area contributed by atoms with Crippen molar-refractivity contribution in [3.63, 3.8) is 0 Å². The Hall–Kier alpha value is -0.650. The quantitative estimate of drug-likeness (QED) is 0.600. The molecule has 0 saturated carbocycles. The number of hydrogen-bond acceptors (Lipinski definition) is 1. The van der Waals surface area contributed by atoms with Gasteiger partial charge in [-0.1, -0.05) is 28.1 Å². The normalized spacial score (nSPS) is 13.0. The Labute approximate surface area is 151 Å². The first-order valence-corrected chi connectivity index (χ1v) is 8.00. The van der Waals surface area contributed by atoms with Crippen LogP contribution in [0.15, 0.2) is 45.3 Å². The number of methoxy groups -OCH3 is 1. The molecule has 5 heteroatoms. The van der Waals surface area contributed by atoms with Gasteiger partial charge in [-0.3, -0.25) is 0 Å². The highest BCUT2D eigenvalue weighted by Gasteiger charge is 2.22. The van der Waals surface area contributed by atoms with Crippen LogP contribution < -0.4 is 21.7 Å². The molecule has 0 amide bonds. The predicted molar refractivity (Wildman–Crippen MR) is 88.5 cm³/mol. The molecule has 0 atom stereocenters. The molecule has 0 saturated heterocycles. The second-order valence-electron chi connectivity index (χ2n) is 4.70. The SMILES string of the molecule is COc1cccc2c1C=[N+](c1ccc(Br)cc1Br)CC2.[Br-]. The molecule has 0 bridgehead atoms. The monoisotopic (exact) mass is 473 g/mol. The van der Waals surface area contributed by atoms with Crippen LogP contribution in [0.4, 0.5) is 5.69 Å². The molecule has 0 unspecified atom stereocenters. The van der Waals surface area contributed by atoms with Crippen LogP contribution in [0.3, 0.4) is 0 Å². The lowest BCUT2D eigenvalue weighted by Crippen LogP contribution is -3.00. The van der Waals surface area contributed by atoms with Gasteiger partial charge in [-0.15, -0.1) is 0 Å². The Bertz CT molecular complexity index is 698. The first kappa shape index (κ1) is 16.7. The van der Waals surface area contributed by atoms with Crippen molar-refractivity contribution in [3.8, 4) is 5.75 Å². The van der Waals surface area contributed by atoms with Gasteiger partial charge in [0.25, 0.3) is 0 Å². The van der Waals surface area contributed by atoms with Crippen LogP contribution in [-0.4, -0.2) is 24.4 Å². The molecule has 1 aliphatic heterocycles. The van der Waals surface area contributed by atoms with Crippen molar-refractivity contribution in [1.29, 1.82) is 0 Å². The van der Waals surface area contributed by atoms with Crippen LogP contribution in [0.25, 0.3) is 0 Å². The van der Waals surface area contributed by atoms with Crippen LogP contribution in [0.1, 0.15) is 11.1 Å². The Morgan fingerprint density at radius 1 is 1.14 bits per heavy atom. The second-order valence-corrected chi connectivity index (χ2v) is 6.47. The van der Waals surface area contributed by atoms with Crippen LogP contribution in [0.2, 0.25) is 0 Å². The summed E-state index contributed by atoms with van der Waals surface area (Å²) in [6, 6.07) is 12.5. The maximum atomic E-state index is 5.47. The van der Waals surface area contributed by atoms with E-state index in [-0.39, 0.29) is 17.0 Å². The number of hydrogen-bond donors (Lipinski definition) is 0. The number of benzene rings is 2. The van der Waals surface area contributed by atoms with Gasteiger partial charge >= 0.3 is 0 Å². The third-order valence-electron chi connectivity index (χ3n) is 3.50. The number of fused-ring (bicyclic) bond motifs is 1. The van der Waals surface area contributed by atoms with Gasteiger partial charge < -0.3 is 21.7 Å². The summed E-state index contributed by atoms with van der Waals surface area (Å²) in [5.74, 6) is 0.931. The summed E-state index contributed by atoms with van der Waals surface area (Å²) >= 11 is 7.13. The summed E-state index contributed by atoms with van der Waals surface area (Å²) < 4.78 is 9.89. The molecule has 1 heterocycles. The molecular weight excluding hydrogens is 462 g/mol. The van der Waals surface area contributed by atoms with Crippen molar-refractivity contribution < 1.29 is 26.3 Å². The minimum Gasteiger partial charge on any atom is -1.00 e. The number of rotatable bonds is 2. The highest BCUT2D eigenvalue weighted by atomic mass is 79.9. The van der Waals surface area contributed by atoms with Crippen molar-refractivity contribution in [3.05, 3.63) is 56.5 Å². The first-order chi connectivity index (χ1) is 9.69. The van der Waals surface area contributed by atoms with E-state index in [0.717, 1.165) is 27.7 Å². The van der Waals surface area contributed by atoms with Crippen LogP contribution in [0.5, 0.6) is 5.75 Å². The molecule has 3 rings (SSSR count). The Morgan fingerprint density at radius 3 is 2.67 bits per heavy atom. The van der Waals surface area contributed by atoms with Crippen LogP contribution in [-0.2, 0) is 6.42 Å². The zero-order valence-electron chi connectivity index (χ0n) is 11.4. The fourth-order valence-electron chi connectivity index (χ4n) is 2.50. The van der Waals surface area contributed by atoms with Gasteiger partial charge in [0, 0.05) is 17.0 Å². The minimum absolute atomic E-state index is 0. The Kier molecular flexibility index (Phi) is 5.63. The van der Waals surface area contributed by atoms with Crippen molar-refractivity contribution in [2.75, 3.05) is 13.7 Å². The van der Waals surface area contributed by atoms with E-state index in [9.17, 15) is 0 Å². The average Bonchev–Trinajstić information content (AvgIpc) is 2.46. The van der Waals surface area contributed by atoms with Gasteiger partial charge in [-0.25, -0.2) is 0 Å². The summed E-state index contributed by atoms with van der Waals surface area (Å²) in [6.07, 6.45) is 3.19. The summed E-state index contributed by atoms with van der Waals surface area (Å²) in [5.41, 5.74) is 3.69. The topological polar surface area (TPSA) is 12.2 Å². The fraction of sp³-hybridized carbons (Fsp3) is 0.188. The van der Waals surface area contributed by atoms with E-state index in [1.54, 1.807) is 7.11 Å². The van der Waals surface area contributed by atoms with Gasteiger partial charge in [-0.05, 0) is 39.7 Å². The van der Waals surface area contributed by atoms with E-state index in [1.165, 1.54) is 16.8 Å². The van der Waals surface area contributed by atoms with Crippen LogP contribution >= 0.6 is 31.9 Å². The first-order valence-electron chi connectivity index (χ1n) is 6.41. The number of ether oxygens (including phenoxy) is 1. The summed E-state index contributed by atoms with van der Waals surface area (Å²) in [6.45, 7) is 0.973. The molecule has 1 aliphatic rings. The van der Waals surface area contributed by atoms with Gasteiger partial charge in [0.15, 0.2) is 12.8 Å². The van der Waals surface area contributed by atoms with E-state index in [4.69, 9.17) is 4.74 Å². The molecule has 0 spiro atoms. The van der Waals surface area contributed by atoms with E-state index in [0.29, 0.717) is 0 Å². The van der Waals surface area contributed by atoms with Crippen LogP contribution in [0, 0.1) is 0 Å². The van der Waals surface area contributed by atoms with E-state index >= 15 is 0 Å².